The number of nitrogens with two attached hydrogens (primary N) is 1. The smallest absolute Gasteiger partial charge is 0.244 e. The van der Waals surface area contributed by atoms with Crippen LogP contribution in [0.2, 0.25) is 5.02 Å². The lowest BCUT2D eigenvalue weighted by Gasteiger charge is -2.31. The first kappa shape index (κ1) is 21.2. The summed E-state index contributed by atoms with van der Waals surface area (Å²) in [6, 6.07) is 6.35. The molecule has 2 rings (SSSR count). The molecule has 0 aliphatic carbocycles. The van der Waals surface area contributed by atoms with E-state index in [9.17, 15) is 13.7 Å². The Bertz CT molecular complexity index is 684. The summed E-state index contributed by atoms with van der Waals surface area (Å²) in [6.07, 6.45) is 2.12. The van der Waals surface area contributed by atoms with Gasteiger partial charge in [0.15, 0.2) is 0 Å². The summed E-state index contributed by atoms with van der Waals surface area (Å²) in [4.78, 5) is -0.0324. The Morgan fingerprint density at radius 2 is 2.04 bits per heavy atom. The van der Waals surface area contributed by atoms with Gasteiger partial charge in [0.05, 0.1) is 16.7 Å². The van der Waals surface area contributed by atoms with Crippen LogP contribution in [-0.2, 0) is 14.8 Å². The van der Waals surface area contributed by atoms with Gasteiger partial charge in [0.1, 0.15) is 11.0 Å². The second-order valence-electron chi connectivity index (χ2n) is 5.34. The standard InChI is InChI=1S/C15H20ClN3O3S.ClH/c16-14-3-1-4-15(13(14)11-18)23(20,21)19-8-5-12(6-9-19)22-10-2-7-17;/h1,3-4,12H,2,5-10,17H2;1H. The minimum atomic E-state index is -3.73. The predicted octanol–water partition coefficient (Wildman–Crippen LogP) is 2.15. The Balaban J connectivity index is 0.00000288. The minimum absolute atomic E-state index is 0. The van der Waals surface area contributed by atoms with E-state index in [2.05, 4.69) is 0 Å². The Labute approximate surface area is 154 Å². The van der Waals surface area contributed by atoms with E-state index < -0.39 is 10.0 Å². The molecule has 134 valence electrons. The van der Waals surface area contributed by atoms with Gasteiger partial charge in [0.25, 0.3) is 0 Å². The highest BCUT2D eigenvalue weighted by atomic mass is 35.5. The van der Waals surface area contributed by atoms with E-state index in [1.54, 1.807) is 6.07 Å². The SMILES string of the molecule is Cl.N#Cc1c(Cl)cccc1S(=O)(=O)N1CCC(OCCCN)CC1. The van der Waals surface area contributed by atoms with Crippen molar-refractivity contribution in [2.75, 3.05) is 26.2 Å². The fourth-order valence-corrected chi connectivity index (χ4v) is 4.45. The minimum Gasteiger partial charge on any atom is -0.378 e. The maximum atomic E-state index is 12.7. The van der Waals surface area contributed by atoms with Crippen LogP contribution in [0.15, 0.2) is 23.1 Å². The van der Waals surface area contributed by atoms with Crippen LogP contribution in [0.1, 0.15) is 24.8 Å². The van der Waals surface area contributed by atoms with E-state index in [4.69, 9.17) is 22.1 Å². The molecule has 1 aliphatic rings. The quantitative estimate of drug-likeness (QED) is 0.746. The largest absolute Gasteiger partial charge is 0.378 e. The van der Waals surface area contributed by atoms with Crippen molar-refractivity contribution in [1.29, 1.82) is 5.26 Å². The number of hydrogen-bond donors (Lipinski definition) is 1. The molecule has 1 saturated heterocycles. The molecule has 6 nitrogen and oxygen atoms in total. The lowest BCUT2D eigenvalue weighted by molar-refractivity contribution is 0.0209. The van der Waals surface area contributed by atoms with E-state index in [0.29, 0.717) is 39.1 Å². The highest BCUT2D eigenvalue weighted by molar-refractivity contribution is 7.89. The third-order valence-corrected chi connectivity index (χ3v) is 6.06. The number of ether oxygens (including phenoxy) is 1. The molecule has 1 aromatic rings. The summed E-state index contributed by atoms with van der Waals surface area (Å²) in [5, 5.41) is 9.32. The second-order valence-corrected chi connectivity index (χ2v) is 7.65. The number of nitriles is 1. The molecule has 1 heterocycles. The first-order valence-corrected chi connectivity index (χ1v) is 9.33. The number of nitrogens with zero attached hydrogens (tertiary/aromatic N) is 2. The first-order chi connectivity index (χ1) is 11.0. The summed E-state index contributed by atoms with van der Waals surface area (Å²) >= 11 is 5.93. The average Bonchev–Trinajstić information content (AvgIpc) is 2.55. The lowest BCUT2D eigenvalue weighted by Crippen LogP contribution is -2.41. The Morgan fingerprint density at radius 1 is 1.38 bits per heavy atom. The molecule has 1 fully saturated rings. The van der Waals surface area contributed by atoms with Crippen molar-refractivity contribution < 1.29 is 13.2 Å². The van der Waals surface area contributed by atoms with Crippen molar-refractivity contribution in [3.63, 3.8) is 0 Å². The van der Waals surface area contributed by atoms with Crippen LogP contribution in [0.25, 0.3) is 0 Å². The van der Waals surface area contributed by atoms with Gasteiger partial charge in [-0.25, -0.2) is 8.42 Å². The average molecular weight is 394 g/mol. The molecular formula is C15H21Cl2N3O3S. The molecule has 0 atom stereocenters. The molecule has 0 saturated carbocycles. The van der Waals surface area contributed by atoms with Crippen LogP contribution >= 0.6 is 24.0 Å². The summed E-state index contributed by atoms with van der Waals surface area (Å²) in [6.45, 7) is 1.92. The summed E-state index contributed by atoms with van der Waals surface area (Å²) in [7, 11) is -3.73. The summed E-state index contributed by atoms with van der Waals surface area (Å²) < 4.78 is 32.6. The molecule has 0 unspecified atom stereocenters. The summed E-state index contributed by atoms with van der Waals surface area (Å²) in [5.41, 5.74) is 5.42. The van der Waals surface area contributed by atoms with Crippen molar-refractivity contribution in [2.24, 2.45) is 5.73 Å². The number of benzene rings is 1. The first-order valence-electron chi connectivity index (χ1n) is 7.51. The van der Waals surface area contributed by atoms with Crippen molar-refractivity contribution >= 4 is 34.0 Å². The predicted molar refractivity (Wildman–Crippen MR) is 94.8 cm³/mol. The van der Waals surface area contributed by atoms with Crippen LogP contribution in [0.3, 0.4) is 0 Å². The van der Waals surface area contributed by atoms with Crippen molar-refractivity contribution in [3.8, 4) is 6.07 Å². The Morgan fingerprint density at radius 3 is 2.62 bits per heavy atom. The zero-order valence-corrected chi connectivity index (χ0v) is 15.5. The monoisotopic (exact) mass is 393 g/mol. The molecule has 1 aromatic carbocycles. The number of hydrogen-bond acceptors (Lipinski definition) is 5. The van der Waals surface area contributed by atoms with Gasteiger partial charge in [-0.2, -0.15) is 9.57 Å². The second kappa shape index (κ2) is 9.56. The highest BCUT2D eigenvalue weighted by Gasteiger charge is 2.31. The van der Waals surface area contributed by atoms with Gasteiger partial charge in [-0.15, -0.1) is 12.4 Å². The molecule has 0 aromatic heterocycles. The van der Waals surface area contributed by atoms with Gasteiger partial charge in [-0.05, 0) is 37.9 Å². The Hall–Kier alpha value is -0.880. The van der Waals surface area contributed by atoms with Crippen LogP contribution in [0.5, 0.6) is 0 Å². The summed E-state index contributed by atoms with van der Waals surface area (Å²) in [5.74, 6) is 0. The molecule has 9 heteroatoms. The normalized spacial score (nSPS) is 16.4. The number of rotatable bonds is 6. The molecule has 0 spiro atoms. The lowest BCUT2D eigenvalue weighted by atomic mass is 10.1. The fraction of sp³-hybridized carbons (Fsp3) is 0.533. The van der Waals surface area contributed by atoms with Crippen LogP contribution in [0.4, 0.5) is 0 Å². The zero-order valence-electron chi connectivity index (χ0n) is 13.2. The maximum absolute atomic E-state index is 12.7. The van der Waals surface area contributed by atoms with E-state index in [1.165, 1.54) is 16.4 Å². The van der Waals surface area contributed by atoms with Crippen LogP contribution < -0.4 is 5.73 Å². The molecule has 2 N–H and O–H groups in total. The van der Waals surface area contributed by atoms with Gasteiger partial charge in [-0.3, -0.25) is 0 Å². The van der Waals surface area contributed by atoms with Gasteiger partial charge >= 0.3 is 0 Å². The van der Waals surface area contributed by atoms with E-state index in [0.717, 1.165) is 6.42 Å². The van der Waals surface area contributed by atoms with Gasteiger partial charge in [0.2, 0.25) is 10.0 Å². The maximum Gasteiger partial charge on any atom is 0.244 e. The van der Waals surface area contributed by atoms with Gasteiger partial charge in [0, 0.05) is 19.7 Å². The third-order valence-electron chi connectivity index (χ3n) is 3.81. The van der Waals surface area contributed by atoms with Gasteiger partial charge < -0.3 is 10.5 Å². The molecule has 1 aliphatic heterocycles. The molecule has 0 amide bonds. The topological polar surface area (TPSA) is 96.4 Å². The fourth-order valence-electron chi connectivity index (χ4n) is 2.54. The third kappa shape index (κ3) is 4.82. The van der Waals surface area contributed by atoms with Crippen LogP contribution in [-0.4, -0.2) is 45.1 Å². The zero-order chi connectivity index (χ0) is 16.9. The van der Waals surface area contributed by atoms with E-state index in [1.807, 2.05) is 6.07 Å². The van der Waals surface area contributed by atoms with E-state index in [-0.39, 0.29) is 34.0 Å². The van der Waals surface area contributed by atoms with Crippen molar-refractivity contribution in [2.45, 2.75) is 30.3 Å². The molecule has 0 radical (unpaired) electrons. The number of sulfonamides is 1. The Kier molecular flexibility index (Phi) is 8.43. The number of piperidine rings is 1. The molecular weight excluding hydrogens is 373 g/mol. The van der Waals surface area contributed by atoms with Crippen molar-refractivity contribution in [1.82, 2.24) is 4.31 Å². The van der Waals surface area contributed by atoms with E-state index >= 15 is 0 Å². The number of halogens is 2. The van der Waals surface area contributed by atoms with Crippen LogP contribution in [0, 0.1) is 11.3 Å². The molecule has 0 bridgehead atoms. The van der Waals surface area contributed by atoms with Gasteiger partial charge in [-0.1, -0.05) is 17.7 Å². The molecule has 24 heavy (non-hydrogen) atoms. The highest BCUT2D eigenvalue weighted by Crippen LogP contribution is 2.28. The van der Waals surface area contributed by atoms with Crippen molar-refractivity contribution in [3.05, 3.63) is 28.8 Å².